The highest BCUT2D eigenvalue weighted by atomic mass is 79.9. The van der Waals surface area contributed by atoms with Gasteiger partial charge in [0, 0.05) is 15.7 Å². The van der Waals surface area contributed by atoms with Crippen LogP contribution in [0.4, 0.5) is 10.5 Å². The number of hydrogen-bond donors (Lipinski definition) is 1. The van der Waals surface area contributed by atoms with Crippen LogP contribution in [0.25, 0.3) is 6.08 Å². The number of anilines is 1. The minimum atomic E-state index is -0.629. The van der Waals surface area contributed by atoms with Gasteiger partial charge in [-0.3, -0.25) is 19.3 Å². The number of allylic oxidation sites excluding steroid dienone is 1. The summed E-state index contributed by atoms with van der Waals surface area (Å²) in [5.41, 5.74) is 2.72. The van der Waals surface area contributed by atoms with E-state index in [0.29, 0.717) is 36.5 Å². The molecule has 0 bridgehead atoms. The zero-order valence-electron chi connectivity index (χ0n) is 24.6. The first kappa shape index (κ1) is 33.8. The zero-order chi connectivity index (χ0) is 32.5. The smallest absolute Gasteiger partial charge is 0.339 e. The van der Waals surface area contributed by atoms with Crippen LogP contribution < -0.4 is 14.8 Å². The molecule has 1 fully saturated rings. The molecule has 0 unspecified atom stereocenters. The van der Waals surface area contributed by atoms with Crippen LogP contribution in [0.5, 0.6) is 11.5 Å². The molecule has 0 saturated carbocycles. The van der Waals surface area contributed by atoms with E-state index in [1.54, 1.807) is 18.2 Å². The van der Waals surface area contributed by atoms with Gasteiger partial charge in [0.15, 0.2) is 11.5 Å². The third kappa shape index (κ3) is 8.78. The van der Waals surface area contributed by atoms with Gasteiger partial charge in [-0.05, 0) is 84.3 Å². The molecule has 1 aliphatic rings. The summed E-state index contributed by atoms with van der Waals surface area (Å²) in [6.07, 6.45) is 4.42. The molecule has 3 aromatic carbocycles. The second-order valence-electron chi connectivity index (χ2n) is 9.77. The average molecular weight is 714 g/mol. The molecule has 0 radical (unpaired) electrons. The summed E-state index contributed by atoms with van der Waals surface area (Å²) in [7, 11) is 1.52. The molecule has 0 aliphatic carbocycles. The van der Waals surface area contributed by atoms with Gasteiger partial charge in [-0.1, -0.05) is 52.7 Å². The standard InChI is InChI=1S/C33H30BrClN2O7S/c1-4-6-22-14-21(15-27(42-3)30(22)44-19-20-7-9-23(34)10-8-20)16-28-31(39)37(33(41)45-28)18-29(38)36-24-11-12-26(35)25(17-24)32(40)43-13-5-2/h4,7-12,14-17H,1,5-6,13,18-19H2,2-3H3,(H,36,38)/b28-16-. The summed E-state index contributed by atoms with van der Waals surface area (Å²) in [6.45, 7) is 5.72. The minimum absolute atomic E-state index is 0.0907. The van der Waals surface area contributed by atoms with Crippen LogP contribution in [0.2, 0.25) is 5.02 Å². The van der Waals surface area contributed by atoms with Crippen molar-refractivity contribution in [2.75, 3.05) is 25.6 Å². The van der Waals surface area contributed by atoms with Crippen LogP contribution in [0.1, 0.15) is 40.4 Å². The molecular weight excluding hydrogens is 684 g/mol. The molecule has 0 aromatic heterocycles. The van der Waals surface area contributed by atoms with Crippen molar-refractivity contribution < 1.29 is 33.4 Å². The zero-order valence-corrected chi connectivity index (χ0v) is 27.7. The third-order valence-electron chi connectivity index (χ3n) is 6.42. The lowest BCUT2D eigenvalue weighted by atomic mass is 10.0. The number of thioether (sulfide) groups is 1. The molecule has 3 aromatic rings. The highest BCUT2D eigenvalue weighted by molar-refractivity contribution is 9.10. The van der Waals surface area contributed by atoms with E-state index in [1.807, 2.05) is 37.3 Å². The molecule has 1 N–H and O–H groups in total. The molecule has 0 spiro atoms. The van der Waals surface area contributed by atoms with Gasteiger partial charge >= 0.3 is 5.97 Å². The highest BCUT2D eigenvalue weighted by Crippen LogP contribution is 2.37. The van der Waals surface area contributed by atoms with E-state index in [2.05, 4.69) is 27.8 Å². The van der Waals surface area contributed by atoms with Gasteiger partial charge in [0.2, 0.25) is 5.91 Å². The van der Waals surface area contributed by atoms with Crippen molar-refractivity contribution in [3.8, 4) is 11.5 Å². The van der Waals surface area contributed by atoms with Crippen molar-refractivity contribution in [3.05, 3.63) is 104 Å². The third-order valence-corrected chi connectivity index (χ3v) is 8.18. The largest absolute Gasteiger partial charge is 0.493 e. The maximum atomic E-state index is 13.2. The molecule has 1 aliphatic heterocycles. The van der Waals surface area contributed by atoms with E-state index in [1.165, 1.54) is 25.3 Å². The Bertz CT molecular complexity index is 1660. The lowest BCUT2D eigenvalue weighted by Crippen LogP contribution is -2.36. The average Bonchev–Trinajstić information content (AvgIpc) is 3.27. The SMILES string of the molecule is C=CCc1cc(/C=C2\SC(=O)N(CC(=O)Nc3ccc(Cl)c(C(=O)OCCC)c3)C2=O)cc(OC)c1OCc1ccc(Br)cc1. The second-order valence-corrected chi connectivity index (χ2v) is 12.1. The molecule has 12 heteroatoms. The van der Waals surface area contributed by atoms with Crippen LogP contribution in [0, 0.1) is 0 Å². The lowest BCUT2D eigenvalue weighted by Gasteiger charge is -2.16. The number of halogens is 2. The number of rotatable bonds is 13. The van der Waals surface area contributed by atoms with Gasteiger partial charge in [0.1, 0.15) is 13.2 Å². The fourth-order valence-electron chi connectivity index (χ4n) is 4.29. The first-order valence-electron chi connectivity index (χ1n) is 13.8. The Labute approximate surface area is 278 Å². The number of esters is 1. The Hall–Kier alpha value is -4.06. The van der Waals surface area contributed by atoms with E-state index >= 15 is 0 Å². The van der Waals surface area contributed by atoms with E-state index in [9.17, 15) is 19.2 Å². The summed E-state index contributed by atoms with van der Waals surface area (Å²) >= 11 is 10.3. The summed E-state index contributed by atoms with van der Waals surface area (Å²) in [4.78, 5) is 52.0. The molecule has 4 rings (SSSR count). The number of carbonyl (C=O) groups is 4. The number of nitrogens with zero attached hydrogens (tertiary/aromatic N) is 1. The van der Waals surface area contributed by atoms with E-state index in [4.69, 9.17) is 25.8 Å². The van der Waals surface area contributed by atoms with Crippen LogP contribution in [-0.2, 0) is 27.4 Å². The molecular formula is C33H30BrClN2O7S. The second kappa shape index (κ2) is 15.8. The summed E-state index contributed by atoms with van der Waals surface area (Å²) in [5, 5.41) is 2.18. The Morgan fingerprint density at radius 3 is 2.56 bits per heavy atom. The lowest BCUT2D eigenvalue weighted by molar-refractivity contribution is -0.127. The number of hydrogen-bond acceptors (Lipinski definition) is 8. The Morgan fingerprint density at radius 2 is 1.87 bits per heavy atom. The highest BCUT2D eigenvalue weighted by Gasteiger charge is 2.36. The summed E-state index contributed by atoms with van der Waals surface area (Å²) < 4.78 is 17.8. The Morgan fingerprint density at radius 1 is 1.11 bits per heavy atom. The minimum Gasteiger partial charge on any atom is -0.493 e. The predicted octanol–water partition coefficient (Wildman–Crippen LogP) is 7.66. The summed E-state index contributed by atoms with van der Waals surface area (Å²) in [5.74, 6) is -0.856. The van der Waals surface area contributed by atoms with Gasteiger partial charge in [-0.25, -0.2) is 4.79 Å². The van der Waals surface area contributed by atoms with Crippen LogP contribution >= 0.6 is 39.3 Å². The fourth-order valence-corrected chi connectivity index (χ4v) is 5.59. The number of ether oxygens (including phenoxy) is 3. The molecule has 234 valence electrons. The molecule has 1 heterocycles. The van der Waals surface area contributed by atoms with Crippen molar-refractivity contribution in [2.24, 2.45) is 0 Å². The predicted molar refractivity (Wildman–Crippen MR) is 179 cm³/mol. The number of amides is 3. The normalized spacial score (nSPS) is 13.6. The number of carbonyl (C=O) groups excluding carboxylic acids is 4. The molecule has 9 nitrogen and oxygen atoms in total. The van der Waals surface area contributed by atoms with Gasteiger partial charge in [-0.15, -0.1) is 6.58 Å². The Kier molecular flexibility index (Phi) is 11.9. The van der Waals surface area contributed by atoms with Gasteiger partial charge in [0.05, 0.1) is 29.2 Å². The molecule has 45 heavy (non-hydrogen) atoms. The fraction of sp³-hybridized carbons (Fsp3) is 0.212. The van der Waals surface area contributed by atoms with Crippen molar-refractivity contribution in [3.63, 3.8) is 0 Å². The van der Waals surface area contributed by atoms with Crippen molar-refractivity contribution in [1.29, 1.82) is 0 Å². The summed E-state index contributed by atoms with van der Waals surface area (Å²) in [6, 6.07) is 15.7. The number of imide groups is 1. The maximum Gasteiger partial charge on any atom is 0.339 e. The Balaban J connectivity index is 1.48. The van der Waals surface area contributed by atoms with E-state index < -0.39 is 29.6 Å². The topological polar surface area (TPSA) is 111 Å². The van der Waals surface area contributed by atoms with Crippen LogP contribution in [0.3, 0.4) is 0 Å². The quantitative estimate of drug-likeness (QED) is 0.109. The monoisotopic (exact) mass is 712 g/mol. The number of nitrogens with one attached hydrogen (secondary N) is 1. The first-order chi connectivity index (χ1) is 21.6. The van der Waals surface area contributed by atoms with Crippen LogP contribution in [0.15, 0.2) is 76.6 Å². The molecule has 3 amide bonds. The first-order valence-corrected chi connectivity index (χ1v) is 15.8. The number of methoxy groups -OCH3 is 1. The van der Waals surface area contributed by atoms with Crippen molar-refractivity contribution in [2.45, 2.75) is 26.4 Å². The van der Waals surface area contributed by atoms with Crippen molar-refractivity contribution in [1.82, 2.24) is 4.90 Å². The van der Waals surface area contributed by atoms with Gasteiger partial charge < -0.3 is 19.5 Å². The van der Waals surface area contributed by atoms with E-state index in [0.717, 1.165) is 32.3 Å². The van der Waals surface area contributed by atoms with Crippen LogP contribution in [-0.4, -0.2) is 48.2 Å². The molecule has 1 saturated heterocycles. The van der Waals surface area contributed by atoms with Crippen molar-refractivity contribution >= 4 is 74.1 Å². The number of benzene rings is 3. The van der Waals surface area contributed by atoms with Gasteiger partial charge in [-0.2, -0.15) is 0 Å². The molecule has 0 atom stereocenters. The van der Waals surface area contributed by atoms with E-state index in [-0.39, 0.29) is 27.8 Å². The van der Waals surface area contributed by atoms with Gasteiger partial charge in [0.25, 0.3) is 11.1 Å². The maximum absolute atomic E-state index is 13.2.